The van der Waals surface area contributed by atoms with Crippen molar-refractivity contribution in [2.45, 2.75) is 45.8 Å². The van der Waals surface area contributed by atoms with E-state index in [-0.39, 0.29) is 12.1 Å². The normalized spacial score (nSPS) is 21.1. The molecule has 0 saturated carbocycles. The Labute approximate surface area is 143 Å². The van der Waals surface area contributed by atoms with Crippen LogP contribution < -0.4 is 5.32 Å². The van der Waals surface area contributed by atoms with E-state index >= 15 is 0 Å². The molecule has 122 valence electrons. The molecule has 0 radical (unpaired) electrons. The highest BCUT2D eigenvalue weighted by Gasteiger charge is 2.39. The maximum absolute atomic E-state index is 5.51. The van der Waals surface area contributed by atoms with Crippen LogP contribution in [0.1, 0.15) is 54.6 Å². The highest BCUT2D eigenvalue weighted by atomic mass is 32.1. The van der Waals surface area contributed by atoms with Crippen LogP contribution in [0.15, 0.2) is 30.5 Å². The van der Waals surface area contributed by atoms with Gasteiger partial charge in [0.1, 0.15) is 0 Å². The summed E-state index contributed by atoms with van der Waals surface area (Å²) in [5.41, 5.74) is 4.94. The van der Waals surface area contributed by atoms with E-state index in [1.807, 2.05) is 18.3 Å². The summed E-state index contributed by atoms with van der Waals surface area (Å²) in [6, 6.07) is 9.02. The van der Waals surface area contributed by atoms with Gasteiger partial charge in [-0.3, -0.25) is 4.98 Å². The van der Waals surface area contributed by atoms with Crippen LogP contribution in [0.5, 0.6) is 0 Å². The van der Waals surface area contributed by atoms with Crippen molar-refractivity contribution in [3.63, 3.8) is 0 Å². The van der Waals surface area contributed by atoms with Crippen LogP contribution >= 0.6 is 12.2 Å². The van der Waals surface area contributed by atoms with E-state index in [0.29, 0.717) is 6.04 Å². The second-order valence-electron chi connectivity index (χ2n) is 6.53. The number of hydrogen-bond donors (Lipinski definition) is 1. The van der Waals surface area contributed by atoms with Gasteiger partial charge in [0.15, 0.2) is 5.11 Å². The first kappa shape index (κ1) is 16.0. The van der Waals surface area contributed by atoms with Gasteiger partial charge in [-0.15, -0.1) is 0 Å². The van der Waals surface area contributed by atoms with Gasteiger partial charge in [0.25, 0.3) is 0 Å². The monoisotopic (exact) mass is 328 g/mol. The second kappa shape index (κ2) is 5.96. The molecule has 2 aromatic rings. The third kappa shape index (κ3) is 2.63. The predicted molar refractivity (Wildman–Crippen MR) is 97.5 cm³/mol. The summed E-state index contributed by atoms with van der Waals surface area (Å²) in [6.45, 7) is 8.82. The summed E-state index contributed by atoms with van der Waals surface area (Å²) in [5.74, 6) is 0. The lowest BCUT2D eigenvalue weighted by Gasteiger charge is -2.25. The first-order valence-electron chi connectivity index (χ1n) is 8.04. The summed E-state index contributed by atoms with van der Waals surface area (Å²) in [4.78, 5) is 6.70. The molecule has 0 amide bonds. The van der Waals surface area contributed by atoms with Gasteiger partial charge in [0.05, 0.1) is 17.8 Å². The number of thiocarbonyl (C=S) groups is 1. The molecule has 0 aromatic carbocycles. The van der Waals surface area contributed by atoms with E-state index in [4.69, 9.17) is 12.2 Å². The number of rotatable bonds is 3. The van der Waals surface area contributed by atoms with Crippen molar-refractivity contribution in [2.75, 3.05) is 7.05 Å². The van der Waals surface area contributed by atoms with E-state index in [9.17, 15) is 0 Å². The summed E-state index contributed by atoms with van der Waals surface area (Å²) in [6.07, 6.45) is 1.84. The molecular formula is C18H24N4S. The van der Waals surface area contributed by atoms with Gasteiger partial charge in [-0.25, -0.2) is 0 Å². The highest BCUT2D eigenvalue weighted by molar-refractivity contribution is 7.80. The largest absolute Gasteiger partial charge is 0.352 e. The van der Waals surface area contributed by atoms with Gasteiger partial charge in [0.2, 0.25) is 0 Å². The maximum atomic E-state index is 5.51. The van der Waals surface area contributed by atoms with Crippen molar-refractivity contribution < 1.29 is 0 Å². The molecule has 2 aromatic heterocycles. The van der Waals surface area contributed by atoms with Gasteiger partial charge in [0, 0.05) is 30.7 Å². The van der Waals surface area contributed by atoms with Crippen LogP contribution in [-0.2, 0) is 0 Å². The molecule has 5 heteroatoms. The minimum Gasteiger partial charge on any atom is -0.352 e. The molecule has 0 bridgehead atoms. The zero-order valence-corrected chi connectivity index (χ0v) is 15.2. The Morgan fingerprint density at radius 1 is 1.26 bits per heavy atom. The van der Waals surface area contributed by atoms with E-state index in [2.05, 4.69) is 66.6 Å². The lowest BCUT2D eigenvalue weighted by Crippen LogP contribution is -2.25. The molecule has 3 heterocycles. The van der Waals surface area contributed by atoms with Crippen molar-refractivity contribution in [1.82, 2.24) is 19.8 Å². The Balaban J connectivity index is 2.09. The number of nitrogens with zero attached hydrogens (tertiary/aromatic N) is 3. The van der Waals surface area contributed by atoms with Gasteiger partial charge < -0.3 is 14.8 Å². The molecule has 0 aliphatic carbocycles. The molecule has 1 aliphatic heterocycles. The minimum atomic E-state index is 0.0785. The highest BCUT2D eigenvalue weighted by Crippen LogP contribution is 2.40. The molecule has 1 fully saturated rings. The van der Waals surface area contributed by atoms with Gasteiger partial charge in [-0.2, -0.15) is 0 Å². The number of aromatic nitrogens is 2. The molecule has 1 N–H and O–H groups in total. The second-order valence-corrected chi connectivity index (χ2v) is 6.91. The van der Waals surface area contributed by atoms with E-state index in [0.717, 1.165) is 10.8 Å². The van der Waals surface area contributed by atoms with Crippen molar-refractivity contribution in [3.05, 3.63) is 53.1 Å². The zero-order valence-electron chi connectivity index (χ0n) is 14.4. The Kier molecular flexibility index (Phi) is 4.15. The SMILES string of the molecule is Cc1cc([C@@H]2[C@@H](c3ccccn3)NC(=S)N2C)c(C)n1C(C)C. The average molecular weight is 328 g/mol. The lowest BCUT2D eigenvalue weighted by atomic mass is 9.97. The van der Waals surface area contributed by atoms with Crippen molar-refractivity contribution in [3.8, 4) is 0 Å². The average Bonchev–Trinajstić information content (AvgIpc) is 2.97. The van der Waals surface area contributed by atoms with Crippen molar-refractivity contribution >= 4 is 17.3 Å². The summed E-state index contributed by atoms with van der Waals surface area (Å²) < 4.78 is 2.39. The van der Waals surface area contributed by atoms with E-state index < -0.39 is 0 Å². The molecule has 1 aliphatic rings. The smallest absolute Gasteiger partial charge is 0.169 e. The first-order valence-corrected chi connectivity index (χ1v) is 8.45. The summed E-state index contributed by atoms with van der Waals surface area (Å²) >= 11 is 5.51. The Bertz CT molecular complexity index is 720. The topological polar surface area (TPSA) is 33.1 Å². The third-order valence-corrected chi connectivity index (χ3v) is 5.10. The van der Waals surface area contributed by atoms with Crippen LogP contribution in [0.2, 0.25) is 0 Å². The molecule has 0 unspecified atom stereocenters. The Hall–Kier alpha value is -1.88. The van der Waals surface area contributed by atoms with Crippen LogP contribution in [0.4, 0.5) is 0 Å². The number of nitrogens with one attached hydrogen (secondary N) is 1. The fourth-order valence-corrected chi connectivity index (χ4v) is 3.98. The van der Waals surface area contributed by atoms with E-state index in [1.54, 1.807) is 0 Å². The number of hydrogen-bond acceptors (Lipinski definition) is 2. The first-order chi connectivity index (χ1) is 10.9. The quantitative estimate of drug-likeness (QED) is 0.871. The third-order valence-electron chi connectivity index (χ3n) is 4.70. The maximum Gasteiger partial charge on any atom is 0.169 e. The van der Waals surface area contributed by atoms with Gasteiger partial charge >= 0.3 is 0 Å². The molecular weight excluding hydrogens is 304 g/mol. The summed E-state index contributed by atoms with van der Waals surface area (Å²) in [7, 11) is 2.06. The van der Waals surface area contributed by atoms with E-state index in [1.165, 1.54) is 17.0 Å². The van der Waals surface area contributed by atoms with Crippen molar-refractivity contribution in [1.29, 1.82) is 0 Å². The fraction of sp³-hybridized carbons (Fsp3) is 0.444. The molecule has 3 rings (SSSR count). The molecule has 4 nitrogen and oxygen atoms in total. The van der Waals surface area contributed by atoms with Gasteiger partial charge in [-0.1, -0.05) is 6.07 Å². The Morgan fingerprint density at radius 3 is 2.57 bits per heavy atom. The predicted octanol–water partition coefficient (Wildman–Crippen LogP) is 3.68. The standard InChI is InChI=1S/C18H24N4S/c1-11(2)22-12(3)10-14(13(22)4)17-16(20-18(23)21(17)5)15-8-6-7-9-19-15/h6-11,16-17H,1-5H3,(H,20,23)/t16-,17-/m1/s1. The van der Waals surface area contributed by atoms with Crippen LogP contribution in [-0.4, -0.2) is 26.6 Å². The number of likely N-dealkylation sites (N-methyl/N-ethyl adjacent to an activating group) is 1. The number of aryl methyl sites for hydroxylation is 1. The lowest BCUT2D eigenvalue weighted by molar-refractivity contribution is 0.366. The van der Waals surface area contributed by atoms with Crippen LogP contribution in [0, 0.1) is 13.8 Å². The van der Waals surface area contributed by atoms with Gasteiger partial charge in [-0.05, 0) is 63.7 Å². The Morgan fingerprint density at radius 2 is 2.00 bits per heavy atom. The fourth-order valence-electron chi connectivity index (χ4n) is 3.74. The van der Waals surface area contributed by atoms with Crippen LogP contribution in [0.3, 0.4) is 0 Å². The molecule has 23 heavy (non-hydrogen) atoms. The minimum absolute atomic E-state index is 0.0785. The molecule has 2 atom stereocenters. The molecule has 0 spiro atoms. The summed E-state index contributed by atoms with van der Waals surface area (Å²) in [5, 5.41) is 4.22. The van der Waals surface area contributed by atoms with Crippen LogP contribution in [0.25, 0.3) is 0 Å². The molecule has 1 saturated heterocycles. The number of pyridine rings is 1. The zero-order chi connectivity index (χ0) is 16.7. The van der Waals surface area contributed by atoms with Crippen molar-refractivity contribution in [2.24, 2.45) is 0 Å².